The number of benzene rings is 1. The van der Waals surface area contributed by atoms with Crippen LogP contribution in [0, 0.1) is 21.4 Å². The zero-order chi connectivity index (χ0) is 13.7. The highest BCUT2D eigenvalue weighted by molar-refractivity contribution is 6.17. The van der Waals surface area contributed by atoms with E-state index < -0.39 is 16.6 Å². The minimum absolute atomic E-state index is 0.00104. The molecule has 6 nitrogen and oxygen atoms in total. The van der Waals surface area contributed by atoms with E-state index in [4.69, 9.17) is 21.6 Å². The smallest absolute Gasteiger partial charge is 0.339 e. The molecule has 1 aromatic carbocycles. The van der Waals surface area contributed by atoms with Gasteiger partial charge in [-0.1, -0.05) is 0 Å². The number of nitrogens with zero attached hydrogens (tertiary/aromatic N) is 2. The number of hydrogen-bond acceptors (Lipinski definition) is 5. The largest absolute Gasteiger partial charge is 0.462 e. The lowest BCUT2D eigenvalue weighted by Gasteiger charge is -2.06. The van der Waals surface area contributed by atoms with Gasteiger partial charge in [-0.3, -0.25) is 10.1 Å². The van der Waals surface area contributed by atoms with E-state index in [2.05, 4.69) is 0 Å². The lowest BCUT2D eigenvalue weighted by molar-refractivity contribution is -0.385. The number of carbonyl (C=O) groups excluding carboxylic acids is 1. The van der Waals surface area contributed by atoms with E-state index in [1.54, 1.807) is 13.0 Å². The molecule has 94 valence electrons. The van der Waals surface area contributed by atoms with Crippen molar-refractivity contribution in [1.29, 1.82) is 5.26 Å². The molecule has 0 heterocycles. The van der Waals surface area contributed by atoms with Crippen molar-refractivity contribution in [2.45, 2.75) is 12.8 Å². The molecule has 0 bridgehead atoms. The molecule has 0 atom stereocenters. The zero-order valence-electron chi connectivity index (χ0n) is 9.47. The first-order chi connectivity index (χ1) is 8.54. The van der Waals surface area contributed by atoms with Crippen molar-refractivity contribution >= 4 is 23.3 Å². The first kappa shape index (κ1) is 13.9. The van der Waals surface area contributed by atoms with Gasteiger partial charge < -0.3 is 4.74 Å². The molecule has 0 saturated heterocycles. The van der Waals surface area contributed by atoms with Crippen molar-refractivity contribution in [2.24, 2.45) is 0 Å². The van der Waals surface area contributed by atoms with Crippen LogP contribution in [0.5, 0.6) is 0 Å². The maximum Gasteiger partial charge on any atom is 0.339 e. The normalized spacial score (nSPS) is 9.61. The fraction of sp³-hybridized carbons (Fsp3) is 0.273. The van der Waals surface area contributed by atoms with Crippen LogP contribution >= 0.6 is 11.6 Å². The maximum absolute atomic E-state index is 11.6. The molecular weight excluding hydrogens is 260 g/mol. The second-order valence-electron chi connectivity index (χ2n) is 3.26. The Kier molecular flexibility index (Phi) is 4.63. The molecule has 7 heteroatoms. The Labute approximate surface area is 108 Å². The van der Waals surface area contributed by atoms with E-state index in [0.29, 0.717) is 5.56 Å². The maximum atomic E-state index is 11.6. The van der Waals surface area contributed by atoms with Gasteiger partial charge in [0.15, 0.2) is 0 Å². The number of nitriles is 1. The summed E-state index contributed by atoms with van der Waals surface area (Å²) in [5, 5.41) is 19.8. The van der Waals surface area contributed by atoms with Gasteiger partial charge in [0.1, 0.15) is 11.6 Å². The molecule has 0 spiro atoms. The molecule has 0 aliphatic rings. The summed E-state index contributed by atoms with van der Waals surface area (Å²) < 4.78 is 4.75. The molecule has 0 saturated carbocycles. The lowest BCUT2D eigenvalue weighted by Crippen LogP contribution is -2.09. The van der Waals surface area contributed by atoms with E-state index in [9.17, 15) is 14.9 Å². The predicted molar refractivity (Wildman–Crippen MR) is 63.3 cm³/mol. The number of hydrogen-bond donors (Lipinski definition) is 0. The summed E-state index contributed by atoms with van der Waals surface area (Å²) in [6.07, 6.45) is 0. The van der Waals surface area contributed by atoms with Crippen molar-refractivity contribution in [3.05, 3.63) is 38.9 Å². The number of halogens is 1. The van der Waals surface area contributed by atoms with Gasteiger partial charge in [-0.2, -0.15) is 5.26 Å². The molecule has 1 rings (SSSR count). The van der Waals surface area contributed by atoms with E-state index in [-0.39, 0.29) is 23.6 Å². The van der Waals surface area contributed by atoms with Gasteiger partial charge in [0, 0.05) is 11.9 Å². The second kappa shape index (κ2) is 5.98. The number of rotatable bonds is 4. The van der Waals surface area contributed by atoms with E-state index in [0.717, 1.165) is 0 Å². The third-order valence-corrected chi connectivity index (χ3v) is 2.44. The number of nitro groups is 1. The van der Waals surface area contributed by atoms with Gasteiger partial charge in [-0.05, 0) is 18.6 Å². The SMILES string of the molecule is CCOC(=O)c1cc(CCl)cc([N+](=O)[O-])c1C#N. The Hall–Kier alpha value is -2.13. The monoisotopic (exact) mass is 268 g/mol. The third-order valence-electron chi connectivity index (χ3n) is 2.14. The van der Waals surface area contributed by atoms with E-state index in [1.165, 1.54) is 12.1 Å². The standard InChI is InChI=1S/C11H9ClN2O4/c1-2-18-11(15)8-3-7(5-12)4-10(14(16)17)9(8)6-13/h3-4H,2,5H2,1H3. The summed E-state index contributed by atoms with van der Waals surface area (Å²) in [5.41, 5.74) is -0.513. The average molecular weight is 269 g/mol. The summed E-state index contributed by atoms with van der Waals surface area (Å²) in [6, 6.07) is 4.16. The highest BCUT2D eigenvalue weighted by Crippen LogP contribution is 2.25. The van der Waals surface area contributed by atoms with E-state index >= 15 is 0 Å². The van der Waals surface area contributed by atoms with E-state index in [1.807, 2.05) is 0 Å². The molecular formula is C11H9ClN2O4. The Morgan fingerprint density at radius 1 is 1.61 bits per heavy atom. The topological polar surface area (TPSA) is 93.2 Å². The van der Waals surface area contributed by atoms with Crippen LogP contribution in [0.3, 0.4) is 0 Å². The fourth-order valence-electron chi connectivity index (χ4n) is 1.39. The molecule has 1 aromatic rings. The van der Waals surface area contributed by atoms with Gasteiger partial charge in [0.25, 0.3) is 5.69 Å². The Bertz CT molecular complexity index is 537. The number of nitro benzene ring substituents is 1. The molecule has 18 heavy (non-hydrogen) atoms. The molecule has 0 aliphatic heterocycles. The molecule has 0 unspecified atom stereocenters. The van der Waals surface area contributed by atoms with Crippen LogP contribution in [-0.2, 0) is 10.6 Å². The van der Waals surface area contributed by atoms with Crippen molar-refractivity contribution in [3.63, 3.8) is 0 Å². The van der Waals surface area contributed by atoms with Crippen LogP contribution in [0.25, 0.3) is 0 Å². The van der Waals surface area contributed by atoms with Gasteiger partial charge >= 0.3 is 5.97 Å². The minimum atomic E-state index is -0.774. The first-order valence-corrected chi connectivity index (χ1v) is 5.53. The average Bonchev–Trinajstić information content (AvgIpc) is 2.37. The van der Waals surface area contributed by atoms with Gasteiger partial charge in [-0.25, -0.2) is 4.79 Å². The second-order valence-corrected chi connectivity index (χ2v) is 3.53. The summed E-state index contributed by atoms with van der Waals surface area (Å²) >= 11 is 5.60. The van der Waals surface area contributed by atoms with Crippen molar-refractivity contribution in [3.8, 4) is 6.07 Å². The Morgan fingerprint density at radius 3 is 2.72 bits per heavy atom. The summed E-state index contributed by atoms with van der Waals surface area (Å²) in [5.74, 6) is -0.775. The molecule has 0 aliphatic carbocycles. The number of alkyl halides is 1. The molecule has 0 radical (unpaired) electrons. The summed E-state index contributed by atoms with van der Waals surface area (Å²) in [4.78, 5) is 21.7. The number of ether oxygens (including phenoxy) is 1. The Morgan fingerprint density at radius 2 is 2.28 bits per heavy atom. The van der Waals surface area contributed by atoms with Crippen LogP contribution in [-0.4, -0.2) is 17.5 Å². The third kappa shape index (κ3) is 2.76. The molecule has 0 aromatic heterocycles. The quantitative estimate of drug-likeness (QED) is 0.362. The molecule has 0 N–H and O–H groups in total. The van der Waals surface area contributed by atoms with Crippen molar-refractivity contribution < 1.29 is 14.5 Å². The van der Waals surface area contributed by atoms with Crippen LogP contribution in [0.15, 0.2) is 12.1 Å². The van der Waals surface area contributed by atoms with Gasteiger partial charge in [-0.15, -0.1) is 11.6 Å². The molecule has 0 amide bonds. The van der Waals surface area contributed by atoms with Gasteiger partial charge in [0.05, 0.1) is 17.1 Å². The Balaban J connectivity index is 3.48. The zero-order valence-corrected chi connectivity index (χ0v) is 10.2. The van der Waals surface area contributed by atoms with Gasteiger partial charge in [0.2, 0.25) is 0 Å². The predicted octanol–water partition coefficient (Wildman–Crippen LogP) is 2.38. The number of carbonyl (C=O) groups is 1. The highest BCUT2D eigenvalue weighted by Gasteiger charge is 2.24. The number of esters is 1. The minimum Gasteiger partial charge on any atom is -0.462 e. The van der Waals surface area contributed by atoms with Crippen molar-refractivity contribution in [2.75, 3.05) is 6.61 Å². The van der Waals surface area contributed by atoms with Crippen LogP contribution in [0.4, 0.5) is 5.69 Å². The summed E-state index contributed by atoms with van der Waals surface area (Å²) in [7, 11) is 0. The van der Waals surface area contributed by atoms with Crippen LogP contribution in [0.1, 0.15) is 28.4 Å². The molecule has 0 fully saturated rings. The lowest BCUT2D eigenvalue weighted by atomic mass is 10.0. The first-order valence-electron chi connectivity index (χ1n) is 4.99. The fourth-order valence-corrected chi connectivity index (χ4v) is 1.55. The van der Waals surface area contributed by atoms with Crippen LogP contribution < -0.4 is 0 Å². The van der Waals surface area contributed by atoms with Crippen LogP contribution in [0.2, 0.25) is 0 Å². The van der Waals surface area contributed by atoms with Crippen molar-refractivity contribution in [1.82, 2.24) is 0 Å². The summed E-state index contributed by atoms with van der Waals surface area (Å²) in [6.45, 7) is 1.71. The highest BCUT2D eigenvalue weighted by atomic mass is 35.5.